The number of aliphatic hydroxyl groups is 1. The molecule has 0 fully saturated rings. The highest BCUT2D eigenvalue weighted by Crippen LogP contribution is 2.16. The minimum atomic E-state index is -3.68. The van der Waals surface area contributed by atoms with Crippen molar-refractivity contribution in [2.75, 3.05) is 6.61 Å². The number of thiazole rings is 1. The molecule has 1 aromatic heterocycles. The largest absolute Gasteiger partial charge is 0.384 e. The zero-order valence-electron chi connectivity index (χ0n) is 11.3. The standard InChI is InChI=1S/C14H14N2O3S2/c1-11-9-15-14(20-11)10-16-21(18,19)13-7-3-2-5-12(13)6-4-8-17/h2-3,5,7,9,16-17H,8,10H2,1H3. The van der Waals surface area contributed by atoms with Gasteiger partial charge in [0.25, 0.3) is 0 Å². The van der Waals surface area contributed by atoms with Crippen LogP contribution in [0.5, 0.6) is 0 Å². The molecule has 2 rings (SSSR count). The second-order valence-electron chi connectivity index (χ2n) is 4.15. The minimum absolute atomic E-state index is 0.0965. The zero-order chi connectivity index (χ0) is 15.3. The van der Waals surface area contributed by atoms with Gasteiger partial charge in [0.15, 0.2) is 0 Å². The quantitative estimate of drug-likeness (QED) is 0.831. The number of hydrogen-bond donors (Lipinski definition) is 2. The number of rotatable bonds is 4. The molecule has 0 saturated heterocycles. The molecule has 0 unspecified atom stereocenters. The molecule has 0 radical (unpaired) electrons. The number of aryl methyl sites for hydroxylation is 1. The summed E-state index contributed by atoms with van der Waals surface area (Å²) in [6, 6.07) is 6.42. The van der Waals surface area contributed by atoms with Gasteiger partial charge in [0.2, 0.25) is 10.0 Å². The first-order valence-electron chi connectivity index (χ1n) is 6.12. The lowest BCUT2D eigenvalue weighted by molar-refractivity contribution is 0.350. The van der Waals surface area contributed by atoms with Crippen molar-refractivity contribution in [2.45, 2.75) is 18.4 Å². The average Bonchev–Trinajstić information content (AvgIpc) is 2.89. The van der Waals surface area contributed by atoms with Crippen LogP contribution in [0.4, 0.5) is 0 Å². The minimum Gasteiger partial charge on any atom is -0.384 e. The van der Waals surface area contributed by atoms with Gasteiger partial charge in [-0.25, -0.2) is 18.1 Å². The highest BCUT2D eigenvalue weighted by molar-refractivity contribution is 7.89. The number of aromatic nitrogens is 1. The van der Waals surface area contributed by atoms with Gasteiger partial charge in [-0.2, -0.15) is 0 Å². The summed E-state index contributed by atoms with van der Waals surface area (Å²) < 4.78 is 27.2. The number of hydrogen-bond acceptors (Lipinski definition) is 5. The molecule has 7 heteroatoms. The second kappa shape index (κ2) is 6.83. The molecule has 0 aliphatic rings. The number of aliphatic hydroxyl groups excluding tert-OH is 1. The van der Waals surface area contributed by atoms with Gasteiger partial charge in [-0.15, -0.1) is 11.3 Å². The lowest BCUT2D eigenvalue weighted by atomic mass is 10.2. The van der Waals surface area contributed by atoms with Gasteiger partial charge < -0.3 is 5.11 Å². The lowest BCUT2D eigenvalue weighted by Gasteiger charge is -2.07. The van der Waals surface area contributed by atoms with Crippen molar-refractivity contribution >= 4 is 21.4 Å². The number of benzene rings is 1. The maximum Gasteiger partial charge on any atom is 0.242 e. The Hall–Kier alpha value is -1.72. The number of sulfonamides is 1. The smallest absolute Gasteiger partial charge is 0.242 e. The van der Waals surface area contributed by atoms with Crippen molar-refractivity contribution in [1.29, 1.82) is 0 Å². The predicted octanol–water partition coefficient (Wildman–Crippen LogP) is 1.27. The van der Waals surface area contributed by atoms with E-state index >= 15 is 0 Å². The summed E-state index contributed by atoms with van der Waals surface area (Å²) >= 11 is 1.44. The molecular weight excluding hydrogens is 308 g/mol. The van der Waals surface area contributed by atoms with Crippen molar-refractivity contribution in [1.82, 2.24) is 9.71 Å². The molecule has 0 aliphatic carbocycles. The molecule has 5 nitrogen and oxygen atoms in total. The Labute approximate surface area is 127 Å². The van der Waals surface area contributed by atoms with Crippen LogP contribution in [0, 0.1) is 18.8 Å². The third kappa shape index (κ3) is 4.12. The maximum absolute atomic E-state index is 12.3. The predicted molar refractivity (Wildman–Crippen MR) is 81.3 cm³/mol. The Balaban J connectivity index is 2.23. The van der Waals surface area contributed by atoms with E-state index in [0.717, 1.165) is 4.88 Å². The molecule has 2 N–H and O–H groups in total. The maximum atomic E-state index is 12.3. The Morgan fingerprint density at radius 3 is 2.81 bits per heavy atom. The van der Waals surface area contributed by atoms with Crippen LogP contribution in [-0.4, -0.2) is 25.1 Å². The van der Waals surface area contributed by atoms with Gasteiger partial charge in [0, 0.05) is 16.6 Å². The summed E-state index contributed by atoms with van der Waals surface area (Å²) in [6.45, 7) is 1.73. The molecule has 0 bridgehead atoms. The van der Waals surface area contributed by atoms with Crippen LogP contribution in [0.3, 0.4) is 0 Å². The van der Waals surface area contributed by atoms with Crippen LogP contribution in [0.15, 0.2) is 35.4 Å². The molecule has 0 aliphatic heterocycles. The van der Waals surface area contributed by atoms with Crippen LogP contribution < -0.4 is 4.72 Å². The first-order valence-corrected chi connectivity index (χ1v) is 8.42. The molecular formula is C14H14N2O3S2. The Morgan fingerprint density at radius 2 is 2.14 bits per heavy atom. The molecule has 21 heavy (non-hydrogen) atoms. The van der Waals surface area contributed by atoms with Crippen molar-refractivity contribution in [2.24, 2.45) is 0 Å². The second-order valence-corrected chi connectivity index (χ2v) is 7.20. The molecule has 0 atom stereocenters. The fraction of sp³-hybridized carbons (Fsp3) is 0.214. The van der Waals surface area contributed by atoms with Gasteiger partial charge in [0.05, 0.1) is 11.4 Å². The summed E-state index contributed by atoms with van der Waals surface area (Å²) in [5, 5.41) is 9.43. The molecule has 0 amide bonds. The first kappa shape index (κ1) is 15.7. The fourth-order valence-corrected chi connectivity index (χ4v) is 3.62. The van der Waals surface area contributed by atoms with Crippen LogP contribution in [0.2, 0.25) is 0 Å². The molecule has 1 heterocycles. The topological polar surface area (TPSA) is 79.3 Å². The molecule has 0 saturated carbocycles. The van der Waals surface area contributed by atoms with Crippen LogP contribution in [0.1, 0.15) is 15.4 Å². The average molecular weight is 322 g/mol. The normalized spacial score (nSPS) is 11.0. The van der Waals surface area contributed by atoms with Gasteiger partial charge in [-0.1, -0.05) is 24.0 Å². The third-order valence-corrected chi connectivity index (χ3v) is 4.93. The molecule has 2 aromatic rings. The highest BCUT2D eigenvalue weighted by Gasteiger charge is 2.17. The van der Waals surface area contributed by atoms with E-state index in [1.165, 1.54) is 17.4 Å². The van der Waals surface area contributed by atoms with Crippen molar-refractivity contribution in [3.8, 4) is 11.8 Å². The summed E-state index contributed by atoms with van der Waals surface area (Å²) in [4.78, 5) is 5.24. The Morgan fingerprint density at radius 1 is 1.38 bits per heavy atom. The summed E-state index contributed by atoms with van der Waals surface area (Å²) in [5.41, 5.74) is 0.356. The number of nitrogens with zero attached hydrogens (tertiary/aromatic N) is 1. The number of nitrogens with one attached hydrogen (secondary N) is 1. The van der Waals surface area contributed by atoms with Gasteiger partial charge in [-0.05, 0) is 19.1 Å². The van der Waals surface area contributed by atoms with E-state index in [1.54, 1.807) is 24.4 Å². The van der Waals surface area contributed by atoms with Gasteiger partial charge >= 0.3 is 0 Å². The van der Waals surface area contributed by atoms with E-state index in [2.05, 4.69) is 21.5 Å². The lowest BCUT2D eigenvalue weighted by Crippen LogP contribution is -2.24. The molecule has 0 spiro atoms. The van der Waals surface area contributed by atoms with Gasteiger partial charge in [0.1, 0.15) is 11.6 Å². The summed E-state index contributed by atoms with van der Waals surface area (Å²) in [5.74, 6) is 5.10. The van der Waals surface area contributed by atoms with Crippen molar-refractivity contribution < 1.29 is 13.5 Å². The van der Waals surface area contributed by atoms with E-state index in [1.807, 2.05) is 6.92 Å². The Kier molecular flexibility index (Phi) is 5.09. The highest BCUT2D eigenvalue weighted by atomic mass is 32.2. The van der Waals surface area contributed by atoms with E-state index < -0.39 is 10.0 Å². The van der Waals surface area contributed by atoms with Gasteiger partial charge in [-0.3, -0.25) is 0 Å². The fourth-order valence-electron chi connectivity index (χ4n) is 1.66. The molecule has 110 valence electrons. The first-order chi connectivity index (χ1) is 10.0. The third-order valence-electron chi connectivity index (χ3n) is 2.56. The summed E-state index contributed by atoms with van der Waals surface area (Å²) in [6.07, 6.45) is 1.70. The van der Waals surface area contributed by atoms with Crippen molar-refractivity contribution in [3.05, 3.63) is 45.9 Å². The van der Waals surface area contributed by atoms with Crippen LogP contribution >= 0.6 is 11.3 Å². The monoisotopic (exact) mass is 322 g/mol. The Bertz CT molecular complexity index is 786. The molecule has 1 aromatic carbocycles. The van der Waals surface area contributed by atoms with Crippen LogP contribution in [0.25, 0.3) is 0 Å². The van der Waals surface area contributed by atoms with E-state index in [4.69, 9.17) is 5.11 Å². The van der Waals surface area contributed by atoms with Crippen molar-refractivity contribution in [3.63, 3.8) is 0 Å². The zero-order valence-corrected chi connectivity index (χ0v) is 13.0. The van der Waals surface area contributed by atoms with E-state index in [-0.39, 0.29) is 18.0 Å². The van der Waals surface area contributed by atoms with E-state index in [9.17, 15) is 8.42 Å². The van der Waals surface area contributed by atoms with E-state index in [0.29, 0.717) is 10.6 Å². The van der Waals surface area contributed by atoms with Crippen LogP contribution in [-0.2, 0) is 16.6 Å². The SMILES string of the molecule is Cc1cnc(CNS(=O)(=O)c2ccccc2C#CCO)s1. The summed E-state index contributed by atoms with van der Waals surface area (Å²) in [7, 11) is -3.68.